The lowest BCUT2D eigenvalue weighted by Crippen LogP contribution is -2.02. The highest BCUT2D eigenvalue weighted by Gasteiger charge is 2.25. The van der Waals surface area contributed by atoms with Crippen molar-refractivity contribution in [3.05, 3.63) is 82.9 Å². The number of hydrogen-bond donors (Lipinski definition) is 5. The number of anilines is 1. The van der Waals surface area contributed by atoms with Crippen LogP contribution in [0.25, 0.3) is 21.5 Å². The number of nitrogens with two attached hydrogens (primary N) is 1. The van der Waals surface area contributed by atoms with E-state index in [1.54, 1.807) is 0 Å². The minimum Gasteiger partial charge on any atom is -0.505 e. The van der Waals surface area contributed by atoms with Gasteiger partial charge in [0.15, 0.2) is 5.75 Å². The lowest BCUT2D eigenvalue weighted by atomic mass is 10.1. The van der Waals surface area contributed by atoms with Crippen LogP contribution >= 0.6 is 0 Å². The van der Waals surface area contributed by atoms with E-state index in [0.29, 0.717) is 0 Å². The molecule has 242 valence electrons. The molecule has 5 aromatic rings. The third-order valence-electron chi connectivity index (χ3n) is 6.56. The molecule has 0 aliphatic carbocycles. The number of hydrogen-bond acceptors (Lipinski definition) is 14. The zero-order valence-corrected chi connectivity index (χ0v) is 25.5. The molecule has 0 saturated carbocycles. The van der Waals surface area contributed by atoms with E-state index in [9.17, 15) is 54.1 Å². The highest BCUT2D eigenvalue weighted by molar-refractivity contribution is 7.86. The minimum atomic E-state index is -5.15. The molecule has 0 aliphatic rings. The molecule has 0 heterocycles. The zero-order chi connectivity index (χ0) is 34.5. The standard InChI is InChI=1S/C26H18N6O12S3/c27-20-12-17(46(39,40)41)9-13-10-23(47(42,43)44)25(26(33)24(13)20)31-30-21-7-8-22(19-11-16(45(36,37)38)5-6-18(19)21)29-28-14-1-3-15(4-2-14)32(34)35/h1-12,33H,27H2,(H,36,37,38)(H,39,40,41)(H,42,43,44). The molecule has 0 fully saturated rings. The van der Waals surface area contributed by atoms with Crippen LogP contribution < -0.4 is 5.73 Å². The highest BCUT2D eigenvalue weighted by atomic mass is 32.2. The number of benzene rings is 5. The fourth-order valence-electron chi connectivity index (χ4n) is 4.42. The van der Waals surface area contributed by atoms with Crippen LogP contribution in [0.1, 0.15) is 0 Å². The van der Waals surface area contributed by atoms with Crippen LogP contribution in [0.4, 0.5) is 34.1 Å². The number of phenols is 1. The number of aromatic hydroxyl groups is 1. The first kappa shape index (κ1) is 32.9. The maximum Gasteiger partial charge on any atom is 0.296 e. The van der Waals surface area contributed by atoms with Gasteiger partial charge in [-0.3, -0.25) is 23.8 Å². The molecular formula is C26H18N6O12S3. The van der Waals surface area contributed by atoms with E-state index in [-0.39, 0.29) is 44.3 Å². The van der Waals surface area contributed by atoms with Crippen LogP contribution in [0, 0.1) is 10.1 Å². The number of nitro benzene ring substituents is 1. The van der Waals surface area contributed by atoms with Crippen molar-refractivity contribution in [2.45, 2.75) is 14.7 Å². The first-order valence-corrected chi connectivity index (χ1v) is 16.8. The smallest absolute Gasteiger partial charge is 0.296 e. The summed E-state index contributed by atoms with van der Waals surface area (Å²) in [4.78, 5) is 8.03. The van der Waals surface area contributed by atoms with Crippen molar-refractivity contribution in [1.82, 2.24) is 0 Å². The van der Waals surface area contributed by atoms with E-state index in [1.165, 1.54) is 42.5 Å². The Bertz CT molecular complexity index is 2540. The third-order valence-corrected chi connectivity index (χ3v) is 9.11. The number of fused-ring (bicyclic) bond motifs is 2. The predicted octanol–water partition coefficient (Wildman–Crippen LogP) is 5.76. The molecule has 5 aromatic carbocycles. The van der Waals surface area contributed by atoms with E-state index in [0.717, 1.165) is 30.3 Å². The second-order valence-electron chi connectivity index (χ2n) is 9.59. The lowest BCUT2D eigenvalue weighted by Gasteiger charge is -2.12. The Morgan fingerprint density at radius 2 is 1.26 bits per heavy atom. The molecule has 0 unspecified atom stereocenters. The number of phenolic OH excluding ortho intramolecular Hbond substituents is 1. The summed E-state index contributed by atoms with van der Waals surface area (Å²) in [6.07, 6.45) is 0. The zero-order valence-electron chi connectivity index (χ0n) is 23.0. The topological polar surface area (TPSA) is 302 Å². The van der Waals surface area contributed by atoms with Gasteiger partial charge in [-0.15, -0.1) is 15.3 Å². The van der Waals surface area contributed by atoms with Crippen LogP contribution in [0.15, 0.2) is 108 Å². The Morgan fingerprint density at radius 3 is 1.83 bits per heavy atom. The monoisotopic (exact) mass is 702 g/mol. The van der Waals surface area contributed by atoms with Crippen molar-refractivity contribution in [2.24, 2.45) is 20.5 Å². The van der Waals surface area contributed by atoms with Crippen LogP contribution in [-0.4, -0.2) is 48.9 Å². The molecule has 0 radical (unpaired) electrons. The fraction of sp³-hybridized carbons (Fsp3) is 0. The van der Waals surface area contributed by atoms with Gasteiger partial charge in [0.05, 0.1) is 31.8 Å². The Hall–Kier alpha value is -5.45. The van der Waals surface area contributed by atoms with Gasteiger partial charge < -0.3 is 10.8 Å². The molecule has 5 rings (SSSR count). The first-order chi connectivity index (χ1) is 21.8. The van der Waals surface area contributed by atoms with Crippen molar-refractivity contribution in [1.29, 1.82) is 0 Å². The Kier molecular flexibility index (Phi) is 8.21. The molecule has 0 aliphatic heterocycles. The summed E-state index contributed by atoms with van der Waals surface area (Å²) in [5.74, 6) is -0.926. The van der Waals surface area contributed by atoms with Gasteiger partial charge in [0.1, 0.15) is 10.6 Å². The summed E-state index contributed by atoms with van der Waals surface area (Å²) >= 11 is 0. The molecule has 0 aromatic heterocycles. The molecule has 6 N–H and O–H groups in total. The summed E-state index contributed by atoms with van der Waals surface area (Å²) in [6, 6.07) is 13.3. The summed E-state index contributed by atoms with van der Waals surface area (Å²) in [5, 5.41) is 37.3. The summed E-state index contributed by atoms with van der Waals surface area (Å²) < 4.78 is 100. The number of nitro groups is 1. The van der Waals surface area contributed by atoms with Gasteiger partial charge in [-0.1, -0.05) is 6.07 Å². The average molecular weight is 703 g/mol. The molecule has 47 heavy (non-hydrogen) atoms. The van der Waals surface area contributed by atoms with Crippen molar-refractivity contribution in [3.63, 3.8) is 0 Å². The van der Waals surface area contributed by atoms with E-state index < -0.39 is 67.1 Å². The maximum atomic E-state index is 12.3. The minimum absolute atomic E-state index is 0.0393. The van der Waals surface area contributed by atoms with Gasteiger partial charge in [-0.05, 0) is 60.0 Å². The van der Waals surface area contributed by atoms with Crippen LogP contribution in [0.2, 0.25) is 0 Å². The Balaban J connectivity index is 1.68. The Labute approximate surface area is 263 Å². The molecule has 0 bridgehead atoms. The van der Waals surface area contributed by atoms with Crippen LogP contribution in [-0.2, 0) is 30.4 Å². The number of nitrogen functional groups attached to an aromatic ring is 1. The van der Waals surface area contributed by atoms with Gasteiger partial charge in [0.25, 0.3) is 36.0 Å². The highest BCUT2D eigenvalue weighted by Crippen LogP contribution is 2.45. The largest absolute Gasteiger partial charge is 0.505 e. The van der Waals surface area contributed by atoms with Gasteiger partial charge in [0.2, 0.25) is 0 Å². The average Bonchev–Trinajstić information content (AvgIpc) is 2.98. The van der Waals surface area contributed by atoms with Gasteiger partial charge in [0, 0.05) is 34.0 Å². The number of non-ortho nitro benzene ring substituents is 1. The normalized spacial score (nSPS) is 12.8. The number of nitrogens with zero attached hydrogens (tertiary/aromatic N) is 5. The molecule has 18 nitrogen and oxygen atoms in total. The van der Waals surface area contributed by atoms with Crippen LogP contribution in [0.5, 0.6) is 5.75 Å². The van der Waals surface area contributed by atoms with E-state index in [1.807, 2.05) is 0 Å². The second kappa shape index (κ2) is 11.7. The van der Waals surface area contributed by atoms with E-state index in [2.05, 4.69) is 20.5 Å². The van der Waals surface area contributed by atoms with Gasteiger partial charge in [-0.25, -0.2) is 0 Å². The molecular weight excluding hydrogens is 685 g/mol. The van der Waals surface area contributed by atoms with E-state index in [4.69, 9.17) is 5.73 Å². The summed E-state index contributed by atoms with van der Waals surface area (Å²) in [5.41, 5.74) is 4.65. The predicted molar refractivity (Wildman–Crippen MR) is 165 cm³/mol. The van der Waals surface area contributed by atoms with Crippen molar-refractivity contribution < 1.29 is 48.9 Å². The third kappa shape index (κ3) is 6.74. The Morgan fingerprint density at radius 1 is 0.660 bits per heavy atom. The maximum absolute atomic E-state index is 12.3. The summed E-state index contributed by atoms with van der Waals surface area (Å²) in [7, 11) is -14.7. The van der Waals surface area contributed by atoms with Gasteiger partial charge in [-0.2, -0.15) is 30.4 Å². The van der Waals surface area contributed by atoms with Crippen molar-refractivity contribution in [2.75, 3.05) is 5.73 Å². The van der Waals surface area contributed by atoms with Crippen LogP contribution in [0.3, 0.4) is 0 Å². The van der Waals surface area contributed by atoms with E-state index >= 15 is 0 Å². The first-order valence-electron chi connectivity index (χ1n) is 12.5. The molecule has 0 saturated heterocycles. The van der Waals surface area contributed by atoms with Crippen molar-refractivity contribution in [3.8, 4) is 5.75 Å². The number of rotatable bonds is 8. The SMILES string of the molecule is Nc1cc(S(=O)(=O)O)cc2cc(S(=O)(=O)O)c(N=Nc3ccc(N=Nc4ccc([N+](=O)[O-])cc4)c4cc(S(=O)(=O)O)ccc34)c(O)c12. The molecule has 21 heteroatoms. The molecule has 0 spiro atoms. The van der Waals surface area contributed by atoms with Crippen molar-refractivity contribution >= 4 is 86.0 Å². The summed E-state index contributed by atoms with van der Waals surface area (Å²) in [6.45, 7) is 0. The second-order valence-corrected chi connectivity index (χ2v) is 13.8. The molecule has 0 atom stereocenters. The number of azo groups is 2. The lowest BCUT2D eigenvalue weighted by molar-refractivity contribution is -0.384. The van der Waals surface area contributed by atoms with Gasteiger partial charge >= 0.3 is 0 Å². The fourth-order valence-corrected chi connectivity index (χ4v) is 6.14. The quantitative estimate of drug-likeness (QED) is 0.0423. The molecule has 0 amide bonds.